The molecule has 6 heteroatoms. The summed E-state index contributed by atoms with van der Waals surface area (Å²) in [4.78, 5) is 7.89. The predicted octanol–water partition coefficient (Wildman–Crippen LogP) is -0.306. The molecule has 0 aliphatic heterocycles. The highest BCUT2D eigenvalue weighted by Crippen LogP contribution is 2.10. The van der Waals surface area contributed by atoms with Crippen LogP contribution in [-0.2, 0) is 6.54 Å². The Morgan fingerprint density at radius 3 is 3.00 bits per heavy atom. The minimum atomic E-state index is 0.548. The van der Waals surface area contributed by atoms with E-state index in [2.05, 4.69) is 20.3 Å². The second-order valence-electron chi connectivity index (χ2n) is 2.75. The van der Waals surface area contributed by atoms with E-state index in [1.807, 2.05) is 6.20 Å². The molecule has 0 aromatic carbocycles. The van der Waals surface area contributed by atoms with E-state index in [0.29, 0.717) is 13.1 Å². The fourth-order valence-corrected chi connectivity index (χ4v) is 1.10. The van der Waals surface area contributed by atoms with E-state index < -0.39 is 0 Å². The quantitative estimate of drug-likeness (QED) is 0.718. The van der Waals surface area contributed by atoms with Crippen LogP contribution in [0, 0.1) is 0 Å². The van der Waals surface area contributed by atoms with Crippen molar-refractivity contribution < 1.29 is 0 Å². The van der Waals surface area contributed by atoms with Crippen LogP contribution in [0.25, 0.3) is 11.4 Å². The zero-order valence-electron chi connectivity index (χ0n) is 7.54. The molecule has 0 fully saturated rings. The summed E-state index contributed by atoms with van der Waals surface area (Å²) >= 11 is 0. The summed E-state index contributed by atoms with van der Waals surface area (Å²) in [5, 5.41) is 7.88. The highest BCUT2D eigenvalue weighted by Gasteiger charge is 2.03. The molecular weight excluding hydrogens is 180 g/mol. The average molecular weight is 190 g/mol. The number of nitrogens with zero attached hydrogens (tertiary/aromatic N) is 5. The van der Waals surface area contributed by atoms with Crippen LogP contribution in [0.1, 0.15) is 0 Å². The maximum absolute atomic E-state index is 5.39. The van der Waals surface area contributed by atoms with E-state index in [1.165, 1.54) is 6.33 Å². The van der Waals surface area contributed by atoms with Gasteiger partial charge in [-0.1, -0.05) is 5.21 Å². The lowest BCUT2D eigenvalue weighted by atomic mass is 10.3. The largest absolute Gasteiger partial charge is 0.329 e. The summed E-state index contributed by atoms with van der Waals surface area (Å²) in [6.45, 7) is 1.21. The molecule has 0 aliphatic carbocycles. The molecule has 0 unspecified atom stereocenters. The maximum Gasteiger partial charge on any atom is 0.131 e. The Labute approximate surface area is 80.8 Å². The SMILES string of the molecule is NCCn1cc(-c2ccncn2)nn1. The van der Waals surface area contributed by atoms with Gasteiger partial charge >= 0.3 is 0 Å². The van der Waals surface area contributed by atoms with E-state index in [1.54, 1.807) is 16.9 Å². The monoisotopic (exact) mass is 190 g/mol. The molecule has 0 saturated carbocycles. The van der Waals surface area contributed by atoms with Crippen molar-refractivity contribution in [2.24, 2.45) is 5.73 Å². The molecule has 2 aromatic heterocycles. The molecule has 2 aromatic rings. The molecule has 2 heterocycles. The molecule has 0 radical (unpaired) electrons. The van der Waals surface area contributed by atoms with Gasteiger partial charge in [0, 0.05) is 12.7 Å². The molecular formula is C8H10N6. The van der Waals surface area contributed by atoms with Gasteiger partial charge in [-0.2, -0.15) is 0 Å². The van der Waals surface area contributed by atoms with Crippen LogP contribution < -0.4 is 5.73 Å². The number of hydrogen-bond acceptors (Lipinski definition) is 5. The Balaban J connectivity index is 2.25. The molecule has 2 N–H and O–H groups in total. The Morgan fingerprint density at radius 1 is 1.36 bits per heavy atom. The highest BCUT2D eigenvalue weighted by atomic mass is 15.4. The van der Waals surface area contributed by atoms with E-state index >= 15 is 0 Å². The van der Waals surface area contributed by atoms with Crippen LogP contribution in [0.2, 0.25) is 0 Å². The van der Waals surface area contributed by atoms with E-state index in [4.69, 9.17) is 5.73 Å². The summed E-state index contributed by atoms with van der Waals surface area (Å²) in [6, 6.07) is 1.79. The summed E-state index contributed by atoms with van der Waals surface area (Å²) < 4.78 is 1.69. The van der Waals surface area contributed by atoms with E-state index in [0.717, 1.165) is 11.4 Å². The molecule has 0 spiro atoms. The normalized spacial score (nSPS) is 10.4. The van der Waals surface area contributed by atoms with Gasteiger partial charge in [-0.05, 0) is 6.07 Å². The van der Waals surface area contributed by atoms with Gasteiger partial charge < -0.3 is 5.73 Å². The van der Waals surface area contributed by atoms with Gasteiger partial charge in [-0.3, -0.25) is 4.68 Å². The lowest BCUT2D eigenvalue weighted by molar-refractivity contribution is 0.598. The summed E-state index contributed by atoms with van der Waals surface area (Å²) in [7, 11) is 0. The zero-order valence-corrected chi connectivity index (χ0v) is 7.54. The Bertz CT molecular complexity index is 395. The lowest BCUT2D eigenvalue weighted by Crippen LogP contribution is -2.10. The van der Waals surface area contributed by atoms with Crippen molar-refractivity contribution in [2.75, 3.05) is 6.54 Å². The third kappa shape index (κ3) is 1.74. The first-order valence-electron chi connectivity index (χ1n) is 4.27. The fraction of sp³-hybridized carbons (Fsp3) is 0.250. The summed E-state index contributed by atoms with van der Waals surface area (Å²) in [5.41, 5.74) is 6.90. The van der Waals surface area contributed by atoms with Gasteiger partial charge in [0.1, 0.15) is 12.0 Å². The zero-order chi connectivity index (χ0) is 9.80. The van der Waals surface area contributed by atoms with Crippen LogP contribution >= 0.6 is 0 Å². The van der Waals surface area contributed by atoms with Crippen molar-refractivity contribution in [1.29, 1.82) is 0 Å². The summed E-state index contributed by atoms with van der Waals surface area (Å²) in [6.07, 6.45) is 4.97. The first-order chi connectivity index (χ1) is 6.90. The third-order valence-electron chi connectivity index (χ3n) is 1.74. The molecule has 0 aliphatic rings. The second-order valence-corrected chi connectivity index (χ2v) is 2.75. The number of rotatable bonds is 3. The third-order valence-corrected chi connectivity index (χ3v) is 1.74. The topological polar surface area (TPSA) is 82.5 Å². The van der Waals surface area contributed by atoms with Gasteiger partial charge in [0.25, 0.3) is 0 Å². The molecule has 0 atom stereocenters. The van der Waals surface area contributed by atoms with Gasteiger partial charge in [0.2, 0.25) is 0 Å². The first kappa shape index (κ1) is 8.76. The van der Waals surface area contributed by atoms with Crippen molar-refractivity contribution in [3.05, 3.63) is 24.8 Å². The van der Waals surface area contributed by atoms with Crippen molar-refractivity contribution in [2.45, 2.75) is 6.54 Å². The molecule has 0 bridgehead atoms. The van der Waals surface area contributed by atoms with Gasteiger partial charge in [-0.25, -0.2) is 9.97 Å². The fourth-order valence-electron chi connectivity index (χ4n) is 1.10. The predicted molar refractivity (Wildman–Crippen MR) is 50.1 cm³/mol. The number of nitrogens with two attached hydrogens (primary N) is 1. The minimum Gasteiger partial charge on any atom is -0.329 e. The van der Waals surface area contributed by atoms with Crippen LogP contribution in [0.5, 0.6) is 0 Å². The van der Waals surface area contributed by atoms with Crippen molar-refractivity contribution in [3.63, 3.8) is 0 Å². The molecule has 0 amide bonds. The molecule has 2 rings (SSSR count). The summed E-state index contributed by atoms with van der Waals surface area (Å²) in [5.74, 6) is 0. The number of hydrogen-bond donors (Lipinski definition) is 1. The van der Waals surface area contributed by atoms with E-state index in [-0.39, 0.29) is 0 Å². The molecule has 72 valence electrons. The van der Waals surface area contributed by atoms with Crippen LogP contribution in [0.3, 0.4) is 0 Å². The Morgan fingerprint density at radius 2 is 2.29 bits per heavy atom. The molecule has 14 heavy (non-hydrogen) atoms. The average Bonchev–Trinajstić information content (AvgIpc) is 2.68. The van der Waals surface area contributed by atoms with Crippen LogP contribution in [0.4, 0.5) is 0 Å². The second kappa shape index (κ2) is 3.93. The molecule has 0 saturated heterocycles. The maximum atomic E-state index is 5.39. The van der Waals surface area contributed by atoms with Gasteiger partial charge in [-0.15, -0.1) is 5.10 Å². The lowest BCUT2D eigenvalue weighted by Gasteiger charge is -1.93. The van der Waals surface area contributed by atoms with Crippen molar-refractivity contribution >= 4 is 0 Å². The number of aromatic nitrogens is 5. The van der Waals surface area contributed by atoms with Crippen molar-refractivity contribution in [3.8, 4) is 11.4 Å². The minimum absolute atomic E-state index is 0.548. The highest BCUT2D eigenvalue weighted by molar-refractivity contribution is 5.50. The standard InChI is InChI=1S/C8H10N6/c9-2-4-14-5-8(12-13-14)7-1-3-10-6-11-7/h1,3,5-6H,2,4,9H2. The van der Waals surface area contributed by atoms with E-state index in [9.17, 15) is 0 Å². The Kier molecular flexibility index (Phi) is 2.46. The van der Waals surface area contributed by atoms with Crippen molar-refractivity contribution in [1.82, 2.24) is 25.0 Å². The molecule has 6 nitrogen and oxygen atoms in total. The van der Waals surface area contributed by atoms with Crippen LogP contribution in [-0.4, -0.2) is 31.5 Å². The smallest absolute Gasteiger partial charge is 0.131 e. The Hall–Kier alpha value is -1.82. The van der Waals surface area contributed by atoms with Crippen LogP contribution in [0.15, 0.2) is 24.8 Å². The van der Waals surface area contributed by atoms with Gasteiger partial charge in [0.15, 0.2) is 0 Å². The first-order valence-corrected chi connectivity index (χ1v) is 4.27. The van der Waals surface area contributed by atoms with Gasteiger partial charge in [0.05, 0.1) is 18.4 Å².